The van der Waals surface area contributed by atoms with Crippen molar-refractivity contribution in [3.05, 3.63) is 66.1 Å². The Morgan fingerprint density at radius 2 is 1.91 bits per heavy atom. The van der Waals surface area contributed by atoms with Gasteiger partial charge in [0.05, 0.1) is 24.0 Å². The Bertz CT molecular complexity index is 1400. The van der Waals surface area contributed by atoms with Gasteiger partial charge in [-0.15, -0.1) is 0 Å². The van der Waals surface area contributed by atoms with Gasteiger partial charge in [-0.25, -0.2) is 28.1 Å². The summed E-state index contributed by atoms with van der Waals surface area (Å²) in [5.74, 6) is 0.225. The summed E-state index contributed by atoms with van der Waals surface area (Å²) in [6, 6.07) is 10.0. The van der Waals surface area contributed by atoms with Crippen molar-refractivity contribution in [2.45, 2.75) is 18.0 Å². The molecule has 0 aliphatic rings. The van der Waals surface area contributed by atoms with Crippen LogP contribution in [0.1, 0.15) is 28.9 Å². The molecule has 10 nitrogen and oxygen atoms in total. The van der Waals surface area contributed by atoms with Gasteiger partial charge in [0.1, 0.15) is 11.3 Å². The van der Waals surface area contributed by atoms with Gasteiger partial charge >= 0.3 is 0 Å². The highest BCUT2D eigenvalue weighted by atomic mass is 32.2. The second kappa shape index (κ2) is 8.35. The zero-order chi connectivity index (χ0) is 22.9. The molecule has 11 heteroatoms. The number of hydrogen-bond acceptors (Lipinski definition) is 8. The second-order valence-electron chi connectivity index (χ2n) is 7.34. The summed E-state index contributed by atoms with van der Waals surface area (Å²) in [4.78, 5) is 25.3. The molecule has 32 heavy (non-hydrogen) atoms. The lowest BCUT2D eigenvalue weighted by molar-refractivity contribution is 0.102. The molecule has 0 unspecified atom stereocenters. The first kappa shape index (κ1) is 21.4. The maximum atomic E-state index is 12.5. The highest BCUT2D eigenvalue weighted by Gasteiger charge is 2.13. The molecular formula is C21H21N7O3S. The van der Waals surface area contributed by atoms with E-state index in [4.69, 9.17) is 0 Å². The Morgan fingerprint density at radius 1 is 1.09 bits per heavy atom. The number of hydrogen-bond donors (Lipinski definition) is 2. The van der Waals surface area contributed by atoms with Crippen molar-refractivity contribution >= 4 is 38.4 Å². The van der Waals surface area contributed by atoms with Crippen LogP contribution >= 0.6 is 0 Å². The predicted octanol–water partition coefficient (Wildman–Crippen LogP) is 2.59. The molecule has 1 amide bonds. The smallest absolute Gasteiger partial charge is 0.257 e. The number of aryl methyl sites for hydroxylation is 1. The molecule has 0 spiro atoms. The molecule has 0 aliphatic heterocycles. The second-order valence-corrected chi connectivity index (χ2v) is 9.30. The minimum absolute atomic E-state index is 0.0802. The summed E-state index contributed by atoms with van der Waals surface area (Å²) >= 11 is 0. The minimum Gasteiger partial charge on any atom is -0.362 e. The van der Waals surface area contributed by atoms with E-state index >= 15 is 0 Å². The van der Waals surface area contributed by atoms with Crippen molar-refractivity contribution in [2.24, 2.45) is 7.05 Å². The van der Waals surface area contributed by atoms with E-state index < -0.39 is 9.84 Å². The van der Waals surface area contributed by atoms with Gasteiger partial charge in [0, 0.05) is 25.2 Å². The van der Waals surface area contributed by atoms with Gasteiger partial charge in [-0.05, 0) is 36.8 Å². The van der Waals surface area contributed by atoms with Crippen LogP contribution in [0, 0.1) is 0 Å². The number of sulfone groups is 1. The molecule has 4 aromatic rings. The maximum Gasteiger partial charge on any atom is 0.257 e. The Morgan fingerprint density at radius 3 is 2.62 bits per heavy atom. The summed E-state index contributed by atoms with van der Waals surface area (Å²) in [6.07, 6.45) is 5.62. The first-order valence-electron chi connectivity index (χ1n) is 9.69. The highest BCUT2D eigenvalue weighted by molar-refractivity contribution is 7.90. The third kappa shape index (κ3) is 4.57. The van der Waals surface area contributed by atoms with Crippen molar-refractivity contribution in [3.63, 3.8) is 0 Å². The van der Waals surface area contributed by atoms with E-state index in [9.17, 15) is 13.2 Å². The van der Waals surface area contributed by atoms with Crippen LogP contribution in [0.2, 0.25) is 0 Å². The number of pyridine rings is 1. The van der Waals surface area contributed by atoms with Crippen molar-refractivity contribution < 1.29 is 13.2 Å². The van der Waals surface area contributed by atoms with Gasteiger partial charge < -0.3 is 10.6 Å². The number of carbonyl (C=O) groups excluding carboxylic acids is 1. The zero-order valence-electron chi connectivity index (χ0n) is 17.6. The van der Waals surface area contributed by atoms with Crippen LogP contribution in [0.5, 0.6) is 0 Å². The van der Waals surface area contributed by atoms with Gasteiger partial charge in [0.15, 0.2) is 20.5 Å². The molecule has 2 N–H and O–H groups in total. The molecule has 0 saturated carbocycles. The normalized spacial score (nSPS) is 12.5. The van der Waals surface area contributed by atoms with Gasteiger partial charge in [0.2, 0.25) is 0 Å². The number of anilines is 2. The summed E-state index contributed by atoms with van der Waals surface area (Å²) < 4.78 is 24.7. The molecule has 3 aromatic heterocycles. The Balaban J connectivity index is 1.47. The Hall–Kier alpha value is -3.86. The highest BCUT2D eigenvalue weighted by Crippen LogP contribution is 2.22. The molecule has 1 aromatic carbocycles. The summed E-state index contributed by atoms with van der Waals surface area (Å²) in [6.45, 7) is 1.98. The van der Waals surface area contributed by atoms with Crippen molar-refractivity contribution in [3.8, 4) is 0 Å². The molecule has 0 radical (unpaired) electrons. The number of fused-ring (bicyclic) bond motifs is 1. The number of rotatable bonds is 6. The van der Waals surface area contributed by atoms with E-state index in [1.807, 2.05) is 25.1 Å². The average Bonchev–Trinajstić information content (AvgIpc) is 3.13. The molecule has 0 aliphatic carbocycles. The summed E-state index contributed by atoms with van der Waals surface area (Å²) in [7, 11) is -1.61. The number of nitrogens with zero attached hydrogens (tertiary/aromatic N) is 5. The largest absolute Gasteiger partial charge is 0.362 e. The molecule has 3 heterocycles. The lowest BCUT2D eigenvalue weighted by atomic mass is 10.1. The molecule has 164 valence electrons. The van der Waals surface area contributed by atoms with Crippen LogP contribution in [-0.4, -0.2) is 45.3 Å². The van der Waals surface area contributed by atoms with E-state index in [-0.39, 0.29) is 22.5 Å². The van der Waals surface area contributed by atoms with Crippen molar-refractivity contribution in [1.29, 1.82) is 0 Å². The standard InChI is InChI=1S/C21H21N7O3S/c1-13(25-18-12-22-17-11-24-28(2)20(17)27-18)14-5-4-6-16(9-14)26-21(29)15-7-8-19(23-10-15)32(3,30)31/h4-13H,1-3H3,(H,25,27)(H,26,29)/t13-/m0/s1. The number of nitrogens with one attached hydrogen (secondary N) is 2. The topological polar surface area (TPSA) is 132 Å². The zero-order valence-corrected chi connectivity index (χ0v) is 18.5. The number of benzene rings is 1. The molecular weight excluding hydrogens is 430 g/mol. The monoisotopic (exact) mass is 451 g/mol. The first-order valence-corrected chi connectivity index (χ1v) is 11.6. The van der Waals surface area contributed by atoms with Crippen molar-refractivity contribution in [2.75, 3.05) is 16.9 Å². The van der Waals surface area contributed by atoms with Crippen LogP contribution < -0.4 is 10.6 Å². The van der Waals surface area contributed by atoms with Gasteiger partial charge in [-0.1, -0.05) is 12.1 Å². The third-order valence-corrected chi connectivity index (χ3v) is 5.83. The fourth-order valence-corrected chi connectivity index (χ4v) is 3.67. The Kier molecular flexibility index (Phi) is 5.57. The number of aromatic nitrogens is 5. The van der Waals surface area contributed by atoms with Gasteiger partial charge in [-0.3, -0.25) is 4.79 Å². The fraction of sp³-hybridized carbons (Fsp3) is 0.190. The van der Waals surface area contributed by atoms with Crippen LogP contribution in [-0.2, 0) is 16.9 Å². The third-order valence-electron chi connectivity index (χ3n) is 4.83. The summed E-state index contributed by atoms with van der Waals surface area (Å²) in [5, 5.41) is 10.2. The number of carbonyl (C=O) groups is 1. The SMILES string of the molecule is C[C@H](Nc1cnc2cnn(C)c2n1)c1cccc(NC(=O)c2ccc(S(C)(=O)=O)nc2)c1. The minimum atomic E-state index is -3.42. The molecule has 1 atom stereocenters. The van der Waals surface area contributed by atoms with Crippen LogP contribution in [0.4, 0.5) is 11.5 Å². The average molecular weight is 452 g/mol. The quantitative estimate of drug-likeness (QED) is 0.457. The molecule has 4 rings (SSSR count). The van der Waals surface area contributed by atoms with Crippen LogP contribution in [0.15, 0.2) is 60.0 Å². The lowest BCUT2D eigenvalue weighted by Gasteiger charge is -2.16. The molecule has 0 saturated heterocycles. The lowest BCUT2D eigenvalue weighted by Crippen LogP contribution is -2.14. The summed E-state index contributed by atoms with van der Waals surface area (Å²) in [5.41, 5.74) is 3.18. The van der Waals surface area contributed by atoms with Gasteiger partial charge in [0.25, 0.3) is 5.91 Å². The van der Waals surface area contributed by atoms with E-state index in [1.165, 1.54) is 18.3 Å². The van der Waals surface area contributed by atoms with E-state index in [1.54, 1.807) is 30.2 Å². The predicted molar refractivity (Wildman–Crippen MR) is 120 cm³/mol. The first-order chi connectivity index (χ1) is 15.2. The van der Waals surface area contributed by atoms with E-state index in [0.29, 0.717) is 17.2 Å². The van der Waals surface area contributed by atoms with Crippen LogP contribution in [0.25, 0.3) is 11.2 Å². The number of amides is 1. The fourth-order valence-electron chi connectivity index (χ4n) is 3.11. The van der Waals surface area contributed by atoms with Crippen molar-refractivity contribution in [1.82, 2.24) is 24.7 Å². The van der Waals surface area contributed by atoms with Gasteiger partial charge in [-0.2, -0.15) is 5.10 Å². The molecule has 0 fully saturated rings. The van der Waals surface area contributed by atoms with E-state index in [2.05, 4.69) is 30.7 Å². The van der Waals surface area contributed by atoms with Crippen LogP contribution in [0.3, 0.4) is 0 Å². The van der Waals surface area contributed by atoms with E-state index in [0.717, 1.165) is 17.3 Å². The Labute approximate surface area is 184 Å². The molecule has 0 bridgehead atoms. The maximum absolute atomic E-state index is 12.5.